The van der Waals surface area contributed by atoms with Crippen molar-refractivity contribution in [2.75, 3.05) is 20.1 Å². The maximum Gasteiger partial charge on any atom is 0.274 e. The van der Waals surface area contributed by atoms with Crippen LogP contribution in [0.4, 0.5) is 5.69 Å². The molecule has 0 saturated heterocycles. The number of hydrogen-bond donors (Lipinski definition) is 2. The molecule has 0 bridgehead atoms. The summed E-state index contributed by atoms with van der Waals surface area (Å²) in [5, 5.41) is 17.4. The zero-order chi connectivity index (χ0) is 18.1. The third-order valence-corrected chi connectivity index (χ3v) is 3.85. The SMILES string of the molecule is CN=C(NCCN(C(C)C)C(C)C)NCc1ccccc1[N+](=O)[O-].I. The normalized spacial score (nSPS) is 11.6. The van der Waals surface area contributed by atoms with Crippen molar-refractivity contribution in [2.45, 2.75) is 46.3 Å². The van der Waals surface area contributed by atoms with Crippen molar-refractivity contribution in [1.29, 1.82) is 0 Å². The molecule has 1 rings (SSSR count). The minimum absolute atomic E-state index is 0. The first-order valence-corrected chi connectivity index (χ1v) is 8.29. The minimum atomic E-state index is -0.365. The van der Waals surface area contributed by atoms with E-state index in [1.165, 1.54) is 6.07 Å². The molecule has 0 radical (unpaired) electrons. The first-order chi connectivity index (χ1) is 11.4. The lowest BCUT2D eigenvalue weighted by Gasteiger charge is -2.30. The van der Waals surface area contributed by atoms with E-state index in [0.29, 0.717) is 30.2 Å². The fourth-order valence-corrected chi connectivity index (χ4v) is 2.65. The van der Waals surface area contributed by atoms with Crippen molar-refractivity contribution >= 4 is 35.6 Å². The molecule has 2 N–H and O–H groups in total. The molecule has 0 saturated carbocycles. The Balaban J connectivity index is 0.00000576. The molecule has 7 nitrogen and oxygen atoms in total. The molecule has 1 aromatic rings. The van der Waals surface area contributed by atoms with Crippen LogP contribution in [-0.4, -0.2) is 48.0 Å². The fraction of sp³-hybridized carbons (Fsp3) is 0.588. The van der Waals surface area contributed by atoms with E-state index in [0.717, 1.165) is 13.1 Å². The summed E-state index contributed by atoms with van der Waals surface area (Å²) in [4.78, 5) is 17.2. The van der Waals surface area contributed by atoms with Crippen molar-refractivity contribution in [3.8, 4) is 0 Å². The number of aliphatic imine (C=N–C) groups is 1. The van der Waals surface area contributed by atoms with Crippen molar-refractivity contribution in [3.05, 3.63) is 39.9 Å². The maximum absolute atomic E-state index is 11.0. The molecule has 0 aliphatic carbocycles. The molecule has 0 aromatic heterocycles. The Bertz CT molecular complexity index is 556. The van der Waals surface area contributed by atoms with E-state index in [4.69, 9.17) is 0 Å². The summed E-state index contributed by atoms with van der Waals surface area (Å²) < 4.78 is 0. The summed E-state index contributed by atoms with van der Waals surface area (Å²) >= 11 is 0. The van der Waals surface area contributed by atoms with Gasteiger partial charge in [-0.25, -0.2) is 0 Å². The number of para-hydroxylation sites is 1. The van der Waals surface area contributed by atoms with Crippen LogP contribution in [0.1, 0.15) is 33.3 Å². The van der Waals surface area contributed by atoms with E-state index in [1.807, 2.05) is 0 Å². The van der Waals surface area contributed by atoms with Gasteiger partial charge in [0.05, 0.1) is 4.92 Å². The van der Waals surface area contributed by atoms with Crippen molar-refractivity contribution in [3.63, 3.8) is 0 Å². The highest BCUT2D eigenvalue weighted by Gasteiger charge is 2.14. The Kier molecular flexibility index (Phi) is 11.3. The summed E-state index contributed by atoms with van der Waals surface area (Å²) in [6.07, 6.45) is 0. The molecule has 0 heterocycles. The van der Waals surface area contributed by atoms with Crippen molar-refractivity contribution < 1.29 is 4.92 Å². The van der Waals surface area contributed by atoms with E-state index in [9.17, 15) is 10.1 Å². The van der Waals surface area contributed by atoms with Crippen LogP contribution in [-0.2, 0) is 6.54 Å². The van der Waals surface area contributed by atoms with Crippen LogP contribution in [0.15, 0.2) is 29.3 Å². The smallest absolute Gasteiger partial charge is 0.274 e. The van der Waals surface area contributed by atoms with Gasteiger partial charge in [0.15, 0.2) is 5.96 Å². The van der Waals surface area contributed by atoms with Gasteiger partial charge in [0, 0.05) is 50.4 Å². The molecule has 8 heteroatoms. The molecule has 0 aliphatic heterocycles. The number of guanidine groups is 1. The predicted octanol–water partition coefficient (Wildman–Crippen LogP) is 3.00. The monoisotopic (exact) mass is 463 g/mol. The number of nitro benzene ring substituents is 1. The van der Waals surface area contributed by atoms with Crippen LogP contribution >= 0.6 is 24.0 Å². The zero-order valence-corrected chi connectivity index (χ0v) is 18.0. The lowest BCUT2D eigenvalue weighted by atomic mass is 10.2. The Morgan fingerprint density at radius 1 is 1.20 bits per heavy atom. The first-order valence-electron chi connectivity index (χ1n) is 8.29. The molecular formula is C17H30IN5O2. The Morgan fingerprint density at radius 2 is 1.80 bits per heavy atom. The number of nitro groups is 1. The average Bonchev–Trinajstić information content (AvgIpc) is 2.53. The van der Waals surface area contributed by atoms with E-state index >= 15 is 0 Å². The van der Waals surface area contributed by atoms with Crippen LogP contribution in [0.3, 0.4) is 0 Å². The Hall–Kier alpha value is -1.42. The predicted molar refractivity (Wildman–Crippen MR) is 114 cm³/mol. The molecule has 0 fully saturated rings. The number of nitrogens with one attached hydrogen (secondary N) is 2. The van der Waals surface area contributed by atoms with Gasteiger partial charge in [-0.05, 0) is 27.7 Å². The molecule has 0 atom stereocenters. The summed E-state index contributed by atoms with van der Waals surface area (Å²) in [5.74, 6) is 0.639. The van der Waals surface area contributed by atoms with Crippen molar-refractivity contribution in [1.82, 2.24) is 15.5 Å². The Morgan fingerprint density at radius 3 is 2.32 bits per heavy atom. The van der Waals surface area contributed by atoms with Gasteiger partial charge in [0.1, 0.15) is 0 Å². The fourth-order valence-electron chi connectivity index (χ4n) is 2.65. The standard InChI is InChI=1S/C17H29N5O2.HI/c1-13(2)21(14(3)4)11-10-19-17(18-5)20-12-15-8-6-7-9-16(15)22(23)24;/h6-9,13-14H,10-12H2,1-5H3,(H2,18,19,20);1H. The van der Waals surface area contributed by atoms with Crippen LogP contribution < -0.4 is 10.6 Å². The van der Waals surface area contributed by atoms with Gasteiger partial charge in [-0.15, -0.1) is 24.0 Å². The maximum atomic E-state index is 11.0. The molecule has 0 unspecified atom stereocenters. The largest absolute Gasteiger partial charge is 0.355 e. The first kappa shape index (κ1) is 23.6. The van der Waals surface area contributed by atoms with Crippen LogP contribution in [0.25, 0.3) is 0 Å². The van der Waals surface area contributed by atoms with E-state index in [-0.39, 0.29) is 34.6 Å². The summed E-state index contributed by atoms with van der Waals surface area (Å²) in [6, 6.07) is 7.68. The highest BCUT2D eigenvalue weighted by molar-refractivity contribution is 14.0. The second-order valence-electron chi connectivity index (χ2n) is 6.16. The van der Waals surface area contributed by atoms with Crippen molar-refractivity contribution in [2.24, 2.45) is 4.99 Å². The zero-order valence-electron chi connectivity index (χ0n) is 15.7. The molecule has 0 spiro atoms. The molecule has 25 heavy (non-hydrogen) atoms. The topological polar surface area (TPSA) is 82.8 Å². The van der Waals surface area contributed by atoms with Crippen LogP contribution in [0, 0.1) is 10.1 Å². The molecule has 0 aliphatic rings. The van der Waals surface area contributed by atoms with Crippen LogP contribution in [0.2, 0.25) is 0 Å². The molecular weight excluding hydrogens is 433 g/mol. The summed E-state index contributed by atoms with van der Waals surface area (Å²) in [5.41, 5.74) is 0.752. The van der Waals surface area contributed by atoms with E-state index in [1.54, 1.807) is 25.2 Å². The van der Waals surface area contributed by atoms with Gasteiger partial charge in [-0.1, -0.05) is 18.2 Å². The lowest BCUT2D eigenvalue weighted by molar-refractivity contribution is -0.385. The number of halogens is 1. The summed E-state index contributed by atoms with van der Waals surface area (Å²) in [7, 11) is 1.69. The average molecular weight is 463 g/mol. The number of hydrogen-bond acceptors (Lipinski definition) is 4. The summed E-state index contributed by atoms with van der Waals surface area (Å²) in [6.45, 7) is 10.7. The van der Waals surface area contributed by atoms with E-state index in [2.05, 4.69) is 48.2 Å². The third kappa shape index (κ3) is 8.00. The number of nitrogens with zero attached hydrogens (tertiary/aromatic N) is 3. The highest BCUT2D eigenvalue weighted by Crippen LogP contribution is 2.16. The molecule has 142 valence electrons. The Labute approximate surface area is 167 Å². The number of rotatable bonds is 8. The van der Waals surface area contributed by atoms with E-state index < -0.39 is 0 Å². The van der Waals surface area contributed by atoms with Gasteiger partial charge in [-0.3, -0.25) is 20.0 Å². The second kappa shape index (κ2) is 12.0. The number of benzene rings is 1. The van der Waals surface area contributed by atoms with Gasteiger partial charge < -0.3 is 10.6 Å². The van der Waals surface area contributed by atoms with Gasteiger partial charge in [0.25, 0.3) is 5.69 Å². The third-order valence-electron chi connectivity index (χ3n) is 3.85. The van der Waals surface area contributed by atoms with Gasteiger partial charge in [-0.2, -0.15) is 0 Å². The van der Waals surface area contributed by atoms with Gasteiger partial charge >= 0.3 is 0 Å². The molecule has 1 aromatic carbocycles. The van der Waals surface area contributed by atoms with Crippen LogP contribution in [0.5, 0.6) is 0 Å². The quantitative estimate of drug-likeness (QED) is 0.204. The van der Waals surface area contributed by atoms with Gasteiger partial charge in [0.2, 0.25) is 0 Å². The second-order valence-corrected chi connectivity index (χ2v) is 6.16. The minimum Gasteiger partial charge on any atom is -0.355 e. The lowest BCUT2D eigenvalue weighted by Crippen LogP contribution is -2.45. The molecule has 0 amide bonds. The highest BCUT2D eigenvalue weighted by atomic mass is 127.